The number of hydrogen-bond acceptors (Lipinski definition) is 5. The van der Waals surface area contributed by atoms with Crippen molar-refractivity contribution in [1.82, 2.24) is 25.9 Å². The molecular weight excluding hydrogens is 747 g/mol. The molecule has 320 valence electrons. The van der Waals surface area contributed by atoms with Crippen molar-refractivity contribution in [2.45, 2.75) is 123 Å². The van der Waals surface area contributed by atoms with Crippen molar-refractivity contribution in [3.63, 3.8) is 0 Å². The van der Waals surface area contributed by atoms with E-state index in [9.17, 15) is 19.5 Å². The molecule has 9 heteroatoms. The van der Waals surface area contributed by atoms with E-state index in [0.29, 0.717) is 44.1 Å². The quantitative estimate of drug-likeness (QED) is 0.0505. The highest BCUT2D eigenvalue weighted by Gasteiger charge is 2.34. The molecule has 5 unspecified atom stereocenters. The number of nitrogens with zero attached hydrogens (tertiary/aromatic N) is 1. The van der Waals surface area contributed by atoms with Gasteiger partial charge in [0.1, 0.15) is 6.04 Å². The Hall–Kier alpha value is -5.02. The van der Waals surface area contributed by atoms with Crippen LogP contribution in [0.5, 0.6) is 0 Å². The summed E-state index contributed by atoms with van der Waals surface area (Å²) < 4.78 is 0. The van der Waals surface area contributed by atoms with Gasteiger partial charge in [-0.2, -0.15) is 0 Å². The van der Waals surface area contributed by atoms with Gasteiger partial charge >= 0.3 is 0 Å². The molecule has 3 amide bonds. The maximum Gasteiger partial charge on any atom is 0.243 e. The van der Waals surface area contributed by atoms with Crippen LogP contribution in [0.25, 0.3) is 21.5 Å². The van der Waals surface area contributed by atoms with Gasteiger partial charge in [-0.1, -0.05) is 151 Å². The maximum atomic E-state index is 14.8. The number of aromatic nitrogens is 2. The lowest BCUT2D eigenvalue weighted by Gasteiger charge is -2.33. The predicted octanol–water partition coefficient (Wildman–Crippen LogP) is 8.88. The number of amides is 3. The average Bonchev–Trinajstić information content (AvgIpc) is 3.78. The number of nitrogens with one attached hydrogen (secondary N) is 4. The fourth-order valence-electron chi connectivity index (χ4n) is 9.12. The fourth-order valence-corrected chi connectivity index (χ4v) is 9.12. The Balaban J connectivity index is 1.27. The second-order valence-electron chi connectivity index (χ2n) is 18.0. The van der Waals surface area contributed by atoms with E-state index in [0.717, 1.165) is 70.5 Å². The van der Waals surface area contributed by atoms with Crippen LogP contribution < -0.4 is 16.0 Å². The number of aliphatic hydroxyl groups is 1. The third kappa shape index (κ3) is 12.5. The van der Waals surface area contributed by atoms with Crippen molar-refractivity contribution in [2.24, 2.45) is 29.6 Å². The number of fused-ring (bicyclic) bond motifs is 2. The minimum absolute atomic E-state index is 0.0430. The van der Waals surface area contributed by atoms with Gasteiger partial charge < -0.3 is 26.0 Å². The largest absolute Gasteiger partial charge is 0.391 e. The molecule has 0 radical (unpaired) electrons. The summed E-state index contributed by atoms with van der Waals surface area (Å²) in [4.78, 5) is 50.5. The number of H-pyrrole nitrogens is 1. The summed E-state index contributed by atoms with van der Waals surface area (Å²) in [5, 5.41) is 26.1. The summed E-state index contributed by atoms with van der Waals surface area (Å²) >= 11 is 0. The van der Waals surface area contributed by atoms with Gasteiger partial charge in [0.15, 0.2) is 0 Å². The van der Waals surface area contributed by atoms with Gasteiger partial charge in [0.05, 0.1) is 18.5 Å². The summed E-state index contributed by atoms with van der Waals surface area (Å²) in [6.45, 7) is 9.02. The van der Waals surface area contributed by atoms with Crippen LogP contribution in [0.4, 0.5) is 0 Å². The second kappa shape index (κ2) is 22.0. The molecule has 0 spiro atoms. The zero-order valence-electron chi connectivity index (χ0n) is 36.2. The molecular formula is C51H67N5O4. The molecule has 1 fully saturated rings. The molecule has 5 N–H and O–H groups in total. The molecule has 0 saturated heterocycles. The highest BCUT2D eigenvalue weighted by molar-refractivity contribution is 5.91. The van der Waals surface area contributed by atoms with Crippen LogP contribution in [-0.2, 0) is 33.6 Å². The number of carbonyl (C=O) groups is 3. The highest BCUT2D eigenvalue weighted by atomic mass is 16.3. The number of imidazole rings is 1. The Kier molecular flexibility index (Phi) is 16.3. The molecule has 1 aromatic heterocycles. The minimum atomic E-state index is -0.942. The van der Waals surface area contributed by atoms with Gasteiger partial charge in [-0.3, -0.25) is 14.4 Å². The molecule has 9 nitrogen and oxygen atoms in total. The van der Waals surface area contributed by atoms with Crippen LogP contribution in [0, 0.1) is 29.6 Å². The van der Waals surface area contributed by atoms with Crippen molar-refractivity contribution in [3.05, 3.63) is 114 Å². The second-order valence-corrected chi connectivity index (χ2v) is 18.0. The van der Waals surface area contributed by atoms with Crippen LogP contribution in [0.15, 0.2) is 97.5 Å². The highest BCUT2D eigenvalue weighted by Crippen LogP contribution is 2.31. The van der Waals surface area contributed by atoms with E-state index >= 15 is 0 Å². The Labute approximate surface area is 356 Å². The third-order valence-corrected chi connectivity index (χ3v) is 12.8. The Bertz CT molecular complexity index is 2030. The smallest absolute Gasteiger partial charge is 0.243 e. The summed E-state index contributed by atoms with van der Waals surface area (Å²) in [6.07, 6.45) is 11.5. The van der Waals surface area contributed by atoms with E-state index in [2.05, 4.69) is 102 Å². The lowest BCUT2D eigenvalue weighted by Crippen LogP contribution is -2.55. The van der Waals surface area contributed by atoms with Gasteiger partial charge in [-0.25, -0.2) is 4.98 Å². The van der Waals surface area contributed by atoms with Crippen LogP contribution >= 0.6 is 0 Å². The lowest BCUT2D eigenvalue weighted by atomic mass is 9.81. The number of aliphatic hydroxyl groups excluding tert-OH is 1. The molecule has 60 heavy (non-hydrogen) atoms. The number of rotatable bonds is 21. The first-order chi connectivity index (χ1) is 29.1. The zero-order chi connectivity index (χ0) is 42.4. The molecule has 6 rings (SSSR count). The normalized spacial score (nSPS) is 16.1. The van der Waals surface area contributed by atoms with Gasteiger partial charge in [-0.05, 0) is 82.5 Å². The fraction of sp³-hybridized carbons (Fsp3) is 0.490. The van der Waals surface area contributed by atoms with Gasteiger partial charge in [-0.15, -0.1) is 0 Å². The van der Waals surface area contributed by atoms with E-state index in [1.165, 1.54) is 6.42 Å². The first-order valence-electron chi connectivity index (χ1n) is 22.5. The van der Waals surface area contributed by atoms with Gasteiger partial charge in [0.25, 0.3) is 0 Å². The molecule has 0 bridgehead atoms. The maximum absolute atomic E-state index is 14.8. The van der Waals surface area contributed by atoms with Gasteiger partial charge in [0.2, 0.25) is 17.7 Å². The summed E-state index contributed by atoms with van der Waals surface area (Å²) in [6, 6.07) is 27.4. The van der Waals surface area contributed by atoms with E-state index in [1.807, 2.05) is 36.4 Å². The van der Waals surface area contributed by atoms with Crippen molar-refractivity contribution >= 4 is 39.3 Å². The summed E-state index contributed by atoms with van der Waals surface area (Å²) in [7, 11) is 0. The molecule has 1 heterocycles. The van der Waals surface area contributed by atoms with E-state index < -0.39 is 24.1 Å². The molecule has 1 saturated carbocycles. The lowest BCUT2D eigenvalue weighted by molar-refractivity contribution is -0.132. The van der Waals surface area contributed by atoms with Crippen molar-refractivity contribution in [1.29, 1.82) is 0 Å². The van der Waals surface area contributed by atoms with E-state index in [4.69, 9.17) is 0 Å². The number of hydrogen-bond donors (Lipinski definition) is 5. The van der Waals surface area contributed by atoms with Crippen molar-refractivity contribution in [2.75, 3.05) is 6.54 Å². The predicted molar refractivity (Wildman–Crippen MR) is 242 cm³/mol. The first kappa shape index (κ1) is 44.5. The summed E-state index contributed by atoms with van der Waals surface area (Å²) in [5.74, 6) is -0.521. The average molecular weight is 814 g/mol. The molecule has 1 aliphatic carbocycles. The number of aromatic amines is 1. The SMILES string of the molecule is CCC(C)CNC(=O)C(CC(C)C)CC(O)C(CC1CCCCC1)NC(=O)C(Cc1cnc[nH]1)NC(=O)C(Cc1cccc2ccccc12)Cc1cccc2ccccc12. The molecule has 5 aromatic rings. The Morgan fingerprint density at radius 2 is 1.35 bits per heavy atom. The monoisotopic (exact) mass is 814 g/mol. The topological polar surface area (TPSA) is 136 Å². The summed E-state index contributed by atoms with van der Waals surface area (Å²) in [5.41, 5.74) is 2.86. The number of benzene rings is 4. The van der Waals surface area contributed by atoms with E-state index in [-0.39, 0.29) is 42.4 Å². The zero-order valence-corrected chi connectivity index (χ0v) is 36.2. The molecule has 4 aromatic carbocycles. The Morgan fingerprint density at radius 3 is 1.93 bits per heavy atom. The first-order valence-corrected chi connectivity index (χ1v) is 22.5. The van der Waals surface area contributed by atoms with Crippen LogP contribution in [0.2, 0.25) is 0 Å². The standard InChI is InChI=1S/C51H67N5O4/c1-5-35(4)31-53-49(58)41(25-34(2)3)29-48(57)46(26-36-15-7-6-8-16-36)55-51(60)47(30-43-32-52-33-54-43)56-50(59)42(27-39-21-13-19-37-17-9-11-23-44(37)39)28-40-22-14-20-38-18-10-12-24-45(38)40/h9-14,17-24,32-36,41-42,46-48,57H,5-8,15-16,25-31H2,1-4H3,(H,52,54)(H,53,58)(H,55,60)(H,56,59). The van der Waals surface area contributed by atoms with Crippen LogP contribution in [-0.4, -0.2) is 57.5 Å². The van der Waals surface area contributed by atoms with Crippen LogP contribution in [0.3, 0.4) is 0 Å². The third-order valence-electron chi connectivity index (χ3n) is 12.8. The number of carbonyl (C=O) groups excluding carboxylic acids is 3. The Morgan fingerprint density at radius 1 is 0.733 bits per heavy atom. The molecule has 5 atom stereocenters. The van der Waals surface area contributed by atoms with Crippen molar-refractivity contribution in [3.8, 4) is 0 Å². The van der Waals surface area contributed by atoms with Crippen LogP contribution in [0.1, 0.15) is 102 Å². The molecule has 0 aliphatic heterocycles. The molecule has 1 aliphatic rings. The van der Waals surface area contributed by atoms with Crippen molar-refractivity contribution < 1.29 is 19.5 Å². The minimum Gasteiger partial charge on any atom is -0.391 e. The van der Waals surface area contributed by atoms with E-state index in [1.54, 1.807) is 12.5 Å². The van der Waals surface area contributed by atoms with Gasteiger partial charge in [0, 0.05) is 36.7 Å².